The summed E-state index contributed by atoms with van der Waals surface area (Å²) in [6.07, 6.45) is 5.47. The maximum atomic E-state index is 12.7. The second kappa shape index (κ2) is 8.92. The summed E-state index contributed by atoms with van der Waals surface area (Å²) in [6.45, 7) is -0.330. The first kappa shape index (κ1) is 19.9. The van der Waals surface area contributed by atoms with Crippen LogP contribution >= 0.6 is 11.3 Å². The van der Waals surface area contributed by atoms with E-state index in [9.17, 15) is 9.59 Å². The van der Waals surface area contributed by atoms with Crippen LogP contribution in [0.15, 0.2) is 12.1 Å². The molecule has 1 aliphatic carbocycles. The van der Waals surface area contributed by atoms with E-state index in [4.69, 9.17) is 19.9 Å². The molecule has 2 aromatic rings. The number of hydrogen-bond acceptors (Lipinski definition) is 7. The van der Waals surface area contributed by atoms with Crippen molar-refractivity contribution >= 4 is 28.3 Å². The Morgan fingerprint density at radius 3 is 2.46 bits per heavy atom. The first-order chi connectivity index (χ1) is 13.5. The minimum atomic E-state index is -0.630. The van der Waals surface area contributed by atoms with Gasteiger partial charge in [0.05, 0.1) is 19.9 Å². The van der Waals surface area contributed by atoms with Crippen molar-refractivity contribution in [1.29, 1.82) is 0 Å². The lowest BCUT2D eigenvalue weighted by Crippen LogP contribution is -2.20. The lowest BCUT2D eigenvalue weighted by atomic mass is 10.1. The quantitative estimate of drug-likeness (QED) is 0.685. The Labute approximate surface area is 167 Å². The number of aryl methyl sites for hydroxylation is 2. The van der Waals surface area contributed by atoms with Crippen molar-refractivity contribution in [3.63, 3.8) is 0 Å². The van der Waals surface area contributed by atoms with Gasteiger partial charge in [0, 0.05) is 10.4 Å². The Bertz CT molecular complexity index is 832. The van der Waals surface area contributed by atoms with Gasteiger partial charge in [0.25, 0.3) is 11.8 Å². The Morgan fingerprint density at radius 1 is 1.14 bits per heavy atom. The van der Waals surface area contributed by atoms with Crippen molar-refractivity contribution in [2.24, 2.45) is 5.73 Å². The fraction of sp³-hybridized carbons (Fsp3) is 0.421. The van der Waals surface area contributed by atoms with Gasteiger partial charge in [-0.15, -0.1) is 11.3 Å². The molecule has 9 heteroatoms. The highest BCUT2D eigenvalue weighted by Gasteiger charge is 2.20. The zero-order valence-electron chi connectivity index (χ0n) is 15.9. The highest BCUT2D eigenvalue weighted by atomic mass is 32.1. The van der Waals surface area contributed by atoms with E-state index in [1.54, 1.807) is 0 Å². The van der Waals surface area contributed by atoms with Gasteiger partial charge in [-0.25, -0.2) is 4.98 Å². The molecule has 150 valence electrons. The zero-order chi connectivity index (χ0) is 20.1. The number of aromatic nitrogens is 1. The maximum absolute atomic E-state index is 12.7. The van der Waals surface area contributed by atoms with Crippen molar-refractivity contribution in [3.05, 3.63) is 28.3 Å². The zero-order valence-corrected chi connectivity index (χ0v) is 16.7. The average molecular weight is 405 g/mol. The third kappa shape index (κ3) is 4.53. The monoisotopic (exact) mass is 405 g/mol. The molecule has 1 aromatic heterocycles. The van der Waals surface area contributed by atoms with Gasteiger partial charge in [0.15, 0.2) is 23.2 Å². The number of primary amides is 1. The number of fused-ring (bicyclic) bond motifs is 1. The van der Waals surface area contributed by atoms with Crippen molar-refractivity contribution in [2.75, 3.05) is 26.1 Å². The van der Waals surface area contributed by atoms with Crippen LogP contribution in [0.2, 0.25) is 0 Å². The molecular weight excluding hydrogens is 382 g/mol. The van der Waals surface area contributed by atoms with Crippen LogP contribution in [0.25, 0.3) is 0 Å². The highest BCUT2D eigenvalue weighted by molar-refractivity contribution is 7.15. The average Bonchev–Trinajstić information content (AvgIpc) is 2.93. The number of benzene rings is 1. The number of anilines is 1. The fourth-order valence-corrected chi connectivity index (χ4v) is 4.09. The van der Waals surface area contributed by atoms with E-state index in [0.29, 0.717) is 10.7 Å². The standard InChI is InChI=1S/C19H23N3O5S/c1-25-13-8-11(9-14(26-2)17(13)27-10-16(20)23)18(24)22-19-21-12-6-4-3-5-7-15(12)28-19/h8-9H,3-7,10H2,1-2H3,(H2,20,23)(H,21,22,24). The van der Waals surface area contributed by atoms with Gasteiger partial charge in [-0.2, -0.15) is 0 Å². The van der Waals surface area contributed by atoms with Gasteiger partial charge in [0.2, 0.25) is 5.75 Å². The molecule has 0 aliphatic heterocycles. The number of ether oxygens (including phenoxy) is 3. The van der Waals surface area contributed by atoms with E-state index in [0.717, 1.165) is 31.4 Å². The molecule has 0 radical (unpaired) electrons. The molecular formula is C19H23N3O5S. The maximum Gasteiger partial charge on any atom is 0.257 e. The second-order valence-corrected chi connectivity index (χ2v) is 7.45. The molecule has 0 unspecified atom stereocenters. The van der Waals surface area contributed by atoms with Crippen LogP contribution in [0.5, 0.6) is 17.2 Å². The van der Waals surface area contributed by atoms with Crippen LogP contribution in [0.4, 0.5) is 5.13 Å². The lowest BCUT2D eigenvalue weighted by molar-refractivity contribution is -0.120. The van der Waals surface area contributed by atoms with Crippen LogP contribution in [-0.4, -0.2) is 37.6 Å². The Morgan fingerprint density at radius 2 is 1.82 bits per heavy atom. The minimum Gasteiger partial charge on any atom is -0.493 e. The van der Waals surface area contributed by atoms with Crippen molar-refractivity contribution in [3.8, 4) is 17.2 Å². The van der Waals surface area contributed by atoms with E-state index in [1.807, 2.05) is 0 Å². The lowest BCUT2D eigenvalue weighted by Gasteiger charge is -2.15. The largest absolute Gasteiger partial charge is 0.493 e. The van der Waals surface area contributed by atoms with Gasteiger partial charge < -0.3 is 19.9 Å². The molecule has 8 nitrogen and oxygen atoms in total. The van der Waals surface area contributed by atoms with Gasteiger partial charge in [-0.3, -0.25) is 14.9 Å². The molecule has 3 N–H and O–H groups in total. The summed E-state index contributed by atoms with van der Waals surface area (Å²) in [5.41, 5.74) is 6.53. The topological polar surface area (TPSA) is 113 Å². The number of carbonyl (C=O) groups excluding carboxylic acids is 2. The van der Waals surface area contributed by atoms with E-state index in [1.165, 1.54) is 49.0 Å². The van der Waals surface area contributed by atoms with Crippen molar-refractivity contribution in [2.45, 2.75) is 32.1 Å². The number of thiazole rings is 1. The summed E-state index contributed by atoms with van der Waals surface area (Å²) in [7, 11) is 2.87. The molecule has 1 aromatic carbocycles. The number of nitrogens with two attached hydrogens (primary N) is 1. The molecule has 3 rings (SSSR count). The third-order valence-corrected chi connectivity index (χ3v) is 5.47. The SMILES string of the molecule is COc1cc(C(=O)Nc2nc3c(s2)CCCCC3)cc(OC)c1OCC(N)=O. The number of hydrogen-bond donors (Lipinski definition) is 2. The molecule has 0 saturated heterocycles. The molecule has 0 saturated carbocycles. The summed E-state index contributed by atoms with van der Waals surface area (Å²) < 4.78 is 15.9. The predicted octanol–water partition coefficient (Wildman–Crippen LogP) is 2.55. The Hall–Kier alpha value is -2.81. The number of carbonyl (C=O) groups is 2. The van der Waals surface area contributed by atoms with Crippen LogP contribution in [0.3, 0.4) is 0 Å². The molecule has 0 atom stereocenters. The van der Waals surface area contributed by atoms with Crippen molar-refractivity contribution < 1.29 is 23.8 Å². The van der Waals surface area contributed by atoms with Crippen molar-refractivity contribution in [1.82, 2.24) is 4.98 Å². The van der Waals surface area contributed by atoms with Gasteiger partial charge in [0.1, 0.15) is 0 Å². The van der Waals surface area contributed by atoms with Crippen LogP contribution in [0, 0.1) is 0 Å². The van der Waals surface area contributed by atoms with Crippen LogP contribution in [-0.2, 0) is 17.6 Å². The summed E-state index contributed by atoms with van der Waals surface area (Å²) in [5, 5.41) is 3.44. The van der Waals surface area contributed by atoms with Gasteiger partial charge >= 0.3 is 0 Å². The predicted molar refractivity (Wildman–Crippen MR) is 106 cm³/mol. The molecule has 2 amide bonds. The van der Waals surface area contributed by atoms with E-state index in [2.05, 4.69) is 10.3 Å². The van der Waals surface area contributed by atoms with Crippen LogP contribution in [0.1, 0.15) is 40.2 Å². The summed E-state index contributed by atoms with van der Waals surface area (Å²) in [5.74, 6) is -0.223. The molecule has 0 bridgehead atoms. The normalized spacial score (nSPS) is 13.2. The molecule has 28 heavy (non-hydrogen) atoms. The van der Waals surface area contributed by atoms with Gasteiger partial charge in [-0.05, 0) is 37.8 Å². The number of rotatable bonds is 7. The number of nitrogens with zero attached hydrogens (tertiary/aromatic N) is 1. The Balaban J connectivity index is 1.82. The molecule has 1 aliphatic rings. The summed E-state index contributed by atoms with van der Waals surface area (Å²) in [6, 6.07) is 3.04. The second-order valence-electron chi connectivity index (χ2n) is 6.37. The highest BCUT2D eigenvalue weighted by Crippen LogP contribution is 2.39. The molecule has 0 fully saturated rings. The summed E-state index contributed by atoms with van der Waals surface area (Å²) >= 11 is 1.52. The number of methoxy groups -OCH3 is 2. The fourth-order valence-electron chi connectivity index (χ4n) is 3.05. The Kier molecular flexibility index (Phi) is 6.35. The van der Waals surface area contributed by atoms with E-state index < -0.39 is 5.91 Å². The number of amides is 2. The van der Waals surface area contributed by atoms with Gasteiger partial charge in [-0.1, -0.05) is 6.42 Å². The smallest absolute Gasteiger partial charge is 0.257 e. The summed E-state index contributed by atoms with van der Waals surface area (Å²) in [4.78, 5) is 29.6. The first-order valence-corrected chi connectivity index (χ1v) is 9.80. The minimum absolute atomic E-state index is 0.210. The number of nitrogens with one attached hydrogen (secondary N) is 1. The molecule has 0 spiro atoms. The third-order valence-electron chi connectivity index (χ3n) is 4.40. The molecule has 1 heterocycles. The van der Waals surface area contributed by atoms with E-state index in [-0.39, 0.29) is 29.8 Å². The van der Waals surface area contributed by atoms with E-state index >= 15 is 0 Å². The first-order valence-electron chi connectivity index (χ1n) is 8.99. The van der Waals surface area contributed by atoms with Crippen LogP contribution < -0.4 is 25.3 Å².